The van der Waals surface area contributed by atoms with E-state index in [-0.39, 0.29) is 11.3 Å². The standard InChI is InChI=1S/C37H26BrNO7S2/c1-19-15-25(32-27-7-5-6-8-28(27)33(38)35-31(32)21(3)22(4)47-35)16-20(2)34(19)46-48(43,44)26-13-14-29(36(40)41)30(17-26)45-37(42)24-11-9-23(18-39)10-12-24/h5-17H,1-4H3,(H,40,41). The Morgan fingerprint density at radius 2 is 1.54 bits per heavy atom. The molecule has 6 rings (SSSR count). The Balaban J connectivity index is 1.39. The molecule has 0 aliphatic carbocycles. The van der Waals surface area contributed by atoms with Gasteiger partial charge in [0.15, 0.2) is 0 Å². The third-order valence-electron chi connectivity index (χ3n) is 8.13. The van der Waals surface area contributed by atoms with Crippen molar-refractivity contribution in [3.05, 3.63) is 122 Å². The van der Waals surface area contributed by atoms with E-state index in [4.69, 9.17) is 14.2 Å². The Morgan fingerprint density at radius 3 is 2.17 bits per heavy atom. The molecule has 240 valence electrons. The molecule has 0 saturated carbocycles. The third-order valence-corrected chi connectivity index (χ3v) is 11.7. The molecule has 0 atom stereocenters. The fourth-order valence-corrected chi connectivity index (χ4v) is 8.64. The summed E-state index contributed by atoms with van der Waals surface area (Å²) in [7, 11) is -4.51. The van der Waals surface area contributed by atoms with Crippen molar-refractivity contribution in [2.24, 2.45) is 0 Å². The number of carboxylic acid groups (broad SMARTS) is 1. The smallest absolute Gasteiger partial charge is 0.343 e. The van der Waals surface area contributed by atoms with E-state index in [1.807, 2.05) is 30.3 Å². The van der Waals surface area contributed by atoms with Gasteiger partial charge in [0.05, 0.1) is 21.9 Å². The number of carbonyl (C=O) groups excluding carboxylic acids is 1. The van der Waals surface area contributed by atoms with Crippen LogP contribution in [-0.4, -0.2) is 25.5 Å². The van der Waals surface area contributed by atoms with E-state index < -0.39 is 38.3 Å². The van der Waals surface area contributed by atoms with Crippen molar-refractivity contribution in [2.45, 2.75) is 32.6 Å². The van der Waals surface area contributed by atoms with Gasteiger partial charge in [0.25, 0.3) is 0 Å². The van der Waals surface area contributed by atoms with Gasteiger partial charge in [-0.3, -0.25) is 0 Å². The van der Waals surface area contributed by atoms with Crippen LogP contribution in [-0.2, 0) is 10.1 Å². The highest BCUT2D eigenvalue weighted by molar-refractivity contribution is 9.11. The lowest BCUT2D eigenvalue weighted by Gasteiger charge is -2.17. The number of carboxylic acids is 1. The number of carbonyl (C=O) groups is 2. The van der Waals surface area contributed by atoms with Crippen molar-refractivity contribution in [2.75, 3.05) is 0 Å². The number of nitrogens with zero attached hydrogens (tertiary/aromatic N) is 1. The quantitative estimate of drug-likeness (QED) is 0.0974. The summed E-state index contributed by atoms with van der Waals surface area (Å²) < 4.78 is 40.4. The zero-order valence-corrected chi connectivity index (χ0v) is 29.3. The first-order valence-corrected chi connectivity index (χ1v) is 17.6. The number of nitriles is 1. The van der Waals surface area contributed by atoms with Crippen LogP contribution >= 0.6 is 27.3 Å². The molecule has 0 radical (unpaired) electrons. The molecule has 0 aliphatic rings. The maximum absolute atomic E-state index is 13.6. The van der Waals surface area contributed by atoms with Gasteiger partial charge in [-0.2, -0.15) is 13.7 Å². The fourth-order valence-electron chi connectivity index (χ4n) is 5.67. The van der Waals surface area contributed by atoms with Gasteiger partial charge in [-0.1, -0.05) is 24.3 Å². The molecule has 0 aliphatic heterocycles. The summed E-state index contributed by atoms with van der Waals surface area (Å²) in [6, 6.07) is 22.5. The molecule has 1 heterocycles. The predicted molar refractivity (Wildman–Crippen MR) is 189 cm³/mol. The minimum absolute atomic E-state index is 0.0461. The molecule has 0 amide bonds. The summed E-state index contributed by atoms with van der Waals surface area (Å²) in [6.07, 6.45) is 0. The predicted octanol–water partition coefficient (Wildman–Crippen LogP) is 9.27. The number of halogens is 1. The zero-order chi connectivity index (χ0) is 34.5. The largest absolute Gasteiger partial charge is 0.478 e. The Morgan fingerprint density at radius 1 is 0.896 bits per heavy atom. The summed E-state index contributed by atoms with van der Waals surface area (Å²) >= 11 is 5.56. The highest BCUT2D eigenvalue weighted by atomic mass is 79.9. The first kappa shape index (κ1) is 32.9. The van der Waals surface area contributed by atoms with Gasteiger partial charge in [0.2, 0.25) is 0 Å². The number of rotatable bonds is 7. The lowest BCUT2D eigenvalue weighted by Crippen LogP contribution is -2.15. The maximum Gasteiger partial charge on any atom is 0.343 e. The molecule has 1 N–H and O–H groups in total. The van der Waals surface area contributed by atoms with Crippen molar-refractivity contribution < 1.29 is 32.0 Å². The average Bonchev–Trinajstić information content (AvgIpc) is 3.36. The Labute approximate surface area is 289 Å². The van der Waals surface area contributed by atoms with Crippen LogP contribution in [0.15, 0.2) is 88.2 Å². The minimum Gasteiger partial charge on any atom is -0.478 e. The molecule has 5 aromatic carbocycles. The molecular weight excluding hydrogens is 714 g/mol. The number of benzene rings is 5. The first-order valence-electron chi connectivity index (χ1n) is 14.6. The Kier molecular flexibility index (Phi) is 8.60. The van der Waals surface area contributed by atoms with Crippen molar-refractivity contribution in [3.8, 4) is 28.7 Å². The van der Waals surface area contributed by atoms with Gasteiger partial charge in [-0.05, 0) is 131 Å². The molecular formula is C37H26BrNO7S2. The highest BCUT2D eigenvalue weighted by Gasteiger charge is 2.26. The van der Waals surface area contributed by atoms with Crippen molar-refractivity contribution in [3.63, 3.8) is 0 Å². The van der Waals surface area contributed by atoms with Gasteiger partial charge >= 0.3 is 22.1 Å². The molecule has 0 saturated heterocycles. The summed E-state index contributed by atoms with van der Waals surface area (Å²) in [5, 5.41) is 22.0. The minimum atomic E-state index is -4.51. The second-order valence-corrected chi connectivity index (χ2v) is 14.8. The number of esters is 1. The van der Waals surface area contributed by atoms with Crippen LogP contribution in [0, 0.1) is 39.0 Å². The van der Waals surface area contributed by atoms with Crippen molar-refractivity contribution in [1.82, 2.24) is 0 Å². The van der Waals surface area contributed by atoms with Crippen molar-refractivity contribution in [1.29, 1.82) is 5.26 Å². The van der Waals surface area contributed by atoms with Crippen LogP contribution < -0.4 is 8.92 Å². The molecule has 0 bridgehead atoms. The SMILES string of the molecule is Cc1cc(-c2c3ccccc3c(Br)c3sc(C)c(C)c23)cc(C)c1OS(=O)(=O)c1ccc(C(=O)O)c(OC(=O)c2ccc(C#N)cc2)c1. The third kappa shape index (κ3) is 5.83. The van der Waals surface area contributed by atoms with Crippen LogP contribution in [0.2, 0.25) is 0 Å². The lowest BCUT2D eigenvalue weighted by molar-refractivity contribution is 0.0681. The molecule has 48 heavy (non-hydrogen) atoms. The average molecular weight is 741 g/mol. The highest BCUT2D eigenvalue weighted by Crippen LogP contribution is 2.48. The van der Waals surface area contributed by atoms with E-state index in [1.165, 1.54) is 34.7 Å². The molecule has 0 fully saturated rings. The van der Waals surface area contributed by atoms with Crippen LogP contribution in [0.5, 0.6) is 11.5 Å². The molecule has 0 spiro atoms. The topological polar surface area (TPSA) is 131 Å². The van der Waals surface area contributed by atoms with E-state index >= 15 is 0 Å². The molecule has 11 heteroatoms. The lowest BCUT2D eigenvalue weighted by atomic mass is 9.91. The van der Waals surface area contributed by atoms with Gasteiger partial charge in [0, 0.05) is 20.8 Å². The summed E-state index contributed by atoms with van der Waals surface area (Å²) in [6.45, 7) is 7.74. The monoisotopic (exact) mass is 739 g/mol. The summed E-state index contributed by atoms with van der Waals surface area (Å²) in [5.41, 5.74) is 4.23. The molecule has 8 nitrogen and oxygen atoms in total. The maximum atomic E-state index is 13.6. The van der Waals surface area contributed by atoms with Crippen LogP contribution in [0.25, 0.3) is 32.0 Å². The number of aryl methyl sites for hydroxylation is 4. The van der Waals surface area contributed by atoms with Crippen LogP contribution in [0.4, 0.5) is 0 Å². The van der Waals surface area contributed by atoms with E-state index in [1.54, 1.807) is 25.2 Å². The second-order valence-electron chi connectivity index (χ2n) is 11.2. The number of aromatic carboxylic acids is 1. The second kappa shape index (κ2) is 12.5. The number of fused-ring (bicyclic) bond motifs is 2. The molecule has 0 unspecified atom stereocenters. The van der Waals surface area contributed by atoms with Crippen LogP contribution in [0.1, 0.15) is 47.8 Å². The van der Waals surface area contributed by atoms with E-state index in [0.717, 1.165) is 54.7 Å². The number of hydrogen-bond acceptors (Lipinski definition) is 8. The van der Waals surface area contributed by atoms with E-state index in [0.29, 0.717) is 16.7 Å². The van der Waals surface area contributed by atoms with E-state index in [9.17, 15) is 23.1 Å². The normalized spacial score (nSPS) is 11.4. The van der Waals surface area contributed by atoms with Gasteiger partial charge in [-0.15, -0.1) is 11.3 Å². The Hall–Kier alpha value is -5.02. The number of thiophene rings is 1. The zero-order valence-electron chi connectivity index (χ0n) is 26.0. The molecule has 1 aromatic heterocycles. The van der Waals surface area contributed by atoms with Crippen LogP contribution in [0.3, 0.4) is 0 Å². The van der Waals surface area contributed by atoms with Crippen molar-refractivity contribution >= 4 is 70.2 Å². The van der Waals surface area contributed by atoms with Gasteiger partial charge < -0.3 is 14.0 Å². The fraction of sp³-hybridized carbons (Fsp3) is 0.108. The summed E-state index contributed by atoms with van der Waals surface area (Å²) in [4.78, 5) is 25.5. The first-order chi connectivity index (χ1) is 22.8. The number of hydrogen-bond donors (Lipinski definition) is 1. The summed E-state index contributed by atoms with van der Waals surface area (Å²) in [5.74, 6) is -2.69. The van der Waals surface area contributed by atoms with Gasteiger partial charge in [-0.25, -0.2) is 9.59 Å². The Bertz CT molecular complexity index is 2450. The van der Waals surface area contributed by atoms with E-state index in [2.05, 4.69) is 41.9 Å². The molecule has 6 aromatic rings. The van der Waals surface area contributed by atoms with Gasteiger partial charge in [0.1, 0.15) is 22.0 Å². The number of ether oxygens (including phenoxy) is 1.